The van der Waals surface area contributed by atoms with Crippen LogP contribution in [0.1, 0.15) is 27.7 Å². The molecule has 5 nitrogen and oxygen atoms in total. The Bertz CT molecular complexity index is 287. The van der Waals surface area contributed by atoms with E-state index in [2.05, 4.69) is 0 Å². The van der Waals surface area contributed by atoms with E-state index in [4.69, 9.17) is 5.73 Å². The van der Waals surface area contributed by atoms with Gasteiger partial charge < -0.3 is 5.73 Å². The Morgan fingerprint density at radius 1 is 1.38 bits per heavy atom. The third-order valence-corrected chi connectivity index (χ3v) is 3.15. The van der Waals surface area contributed by atoms with Crippen LogP contribution >= 0.6 is 0 Å². The van der Waals surface area contributed by atoms with E-state index in [0.29, 0.717) is 0 Å². The van der Waals surface area contributed by atoms with Gasteiger partial charge in [0.05, 0.1) is 10.8 Å². The van der Waals surface area contributed by atoms with Crippen molar-refractivity contribution < 1.29 is 13.2 Å². The first-order valence-electron chi connectivity index (χ1n) is 3.92. The molecule has 0 spiro atoms. The van der Waals surface area contributed by atoms with Gasteiger partial charge in [-0.1, -0.05) is 0 Å². The highest BCUT2D eigenvalue weighted by atomic mass is 32.2. The number of carbonyl (C=O) groups is 1. The highest BCUT2D eigenvalue weighted by Crippen LogP contribution is 2.01. The number of amides is 1. The van der Waals surface area contributed by atoms with E-state index in [1.165, 1.54) is 27.7 Å². The average Bonchev–Trinajstić information content (AvgIpc) is 1.83. The zero-order chi connectivity index (χ0) is 10.9. The number of carbonyl (C=O) groups excluding carboxylic acids is 1. The second kappa shape index (κ2) is 3.63. The van der Waals surface area contributed by atoms with Crippen LogP contribution in [0.3, 0.4) is 0 Å². The first-order chi connectivity index (χ1) is 5.57. The summed E-state index contributed by atoms with van der Waals surface area (Å²) in [5, 5.41) is -0.640. The summed E-state index contributed by atoms with van der Waals surface area (Å²) in [7, 11) is -3.56. The highest BCUT2D eigenvalue weighted by Gasteiger charge is 2.27. The van der Waals surface area contributed by atoms with Crippen LogP contribution in [0.25, 0.3) is 0 Å². The van der Waals surface area contributed by atoms with Crippen LogP contribution in [0.2, 0.25) is 0 Å². The molecule has 0 bridgehead atoms. The van der Waals surface area contributed by atoms with E-state index in [9.17, 15) is 13.2 Å². The van der Waals surface area contributed by atoms with Crippen molar-refractivity contribution in [2.24, 2.45) is 5.73 Å². The number of hydrogen-bond acceptors (Lipinski definition) is 4. The molecule has 0 rings (SSSR count). The van der Waals surface area contributed by atoms with Crippen molar-refractivity contribution in [3.05, 3.63) is 0 Å². The molecule has 13 heavy (non-hydrogen) atoms. The smallest absolute Gasteiger partial charge is 0.252 e. The Hall–Kier alpha value is -0.620. The standard InChI is InChI=1S/C7H16N2O3S/c1-5(2)13(11,12)9-6(10)7(3,4)8/h5H,8H2,1-4H3,(H,9,10). The summed E-state index contributed by atoms with van der Waals surface area (Å²) in [5.74, 6) is -0.693. The average molecular weight is 208 g/mol. The van der Waals surface area contributed by atoms with Gasteiger partial charge in [0.25, 0.3) is 5.91 Å². The van der Waals surface area contributed by atoms with Crippen molar-refractivity contribution in [3.8, 4) is 0 Å². The van der Waals surface area contributed by atoms with Crippen molar-refractivity contribution in [2.75, 3.05) is 0 Å². The summed E-state index contributed by atoms with van der Waals surface area (Å²) < 4.78 is 24.3. The third kappa shape index (κ3) is 3.73. The number of sulfonamides is 1. The Morgan fingerprint density at radius 3 is 2.00 bits per heavy atom. The molecule has 3 N–H and O–H groups in total. The summed E-state index contributed by atoms with van der Waals surface area (Å²) in [4.78, 5) is 11.2. The Balaban J connectivity index is 4.58. The molecule has 78 valence electrons. The molecular weight excluding hydrogens is 192 g/mol. The second-order valence-electron chi connectivity index (χ2n) is 3.75. The van der Waals surface area contributed by atoms with Crippen LogP contribution in [0.15, 0.2) is 0 Å². The summed E-state index contributed by atoms with van der Waals surface area (Å²) in [5.41, 5.74) is 4.23. The highest BCUT2D eigenvalue weighted by molar-refractivity contribution is 7.90. The lowest BCUT2D eigenvalue weighted by Crippen LogP contribution is -2.52. The first kappa shape index (κ1) is 12.4. The van der Waals surface area contributed by atoms with E-state index in [-0.39, 0.29) is 0 Å². The Morgan fingerprint density at radius 2 is 1.77 bits per heavy atom. The van der Waals surface area contributed by atoms with Crippen LogP contribution in [0.4, 0.5) is 0 Å². The minimum atomic E-state index is -3.56. The maximum Gasteiger partial charge on any atom is 0.252 e. The monoisotopic (exact) mass is 208 g/mol. The minimum Gasteiger partial charge on any atom is -0.318 e. The molecule has 0 unspecified atom stereocenters. The molecule has 0 aromatic rings. The molecule has 0 radical (unpaired) electrons. The van der Waals surface area contributed by atoms with Gasteiger partial charge in [-0.05, 0) is 27.7 Å². The maximum absolute atomic E-state index is 11.2. The second-order valence-corrected chi connectivity index (χ2v) is 5.98. The first-order valence-corrected chi connectivity index (χ1v) is 5.47. The molecule has 0 saturated carbocycles. The lowest BCUT2D eigenvalue weighted by atomic mass is 10.1. The van der Waals surface area contributed by atoms with Gasteiger partial charge in [-0.25, -0.2) is 8.42 Å². The van der Waals surface area contributed by atoms with E-state index in [0.717, 1.165) is 0 Å². The largest absolute Gasteiger partial charge is 0.318 e. The predicted molar refractivity (Wildman–Crippen MR) is 50.5 cm³/mol. The Labute approximate surface area is 78.7 Å². The third-order valence-electron chi connectivity index (χ3n) is 1.44. The van der Waals surface area contributed by atoms with Gasteiger partial charge in [-0.3, -0.25) is 9.52 Å². The maximum atomic E-state index is 11.2. The fraction of sp³-hybridized carbons (Fsp3) is 0.857. The van der Waals surface area contributed by atoms with Gasteiger partial charge in [0.2, 0.25) is 10.0 Å². The van der Waals surface area contributed by atoms with Crippen molar-refractivity contribution in [1.29, 1.82) is 0 Å². The van der Waals surface area contributed by atoms with Crippen molar-refractivity contribution >= 4 is 15.9 Å². The zero-order valence-electron chi connectivity index (χ0n) is 8.29. The normalized spacial score (nSPS) is 13.1. The summed E-state index contributed by atoms with van der Waals surface area (Å²) in [6.45, 7) is 5.86. The van der Waals surface area contributed by atoms with Gasteiger partial charge in [-0.2, -0.15) is 0 Å². The fourth-order valence-electron chi connectivity index (χ4n) is 0.379. The topological polar surface area (TPSA) is 89.3 Å². The molecule has 0 aliphatic rings. The molecule has 0 fully saturated rings. The van der Waals surface area contributed by atoms with Crippen LogP contribution < -0.4 is 10.5 Å². The molecule has 0 heterocycles. The van der Waals surface area contributed by atoms with Crippen molar-refractivity contribution in [1.82, 2.24) is 4.72 Å². The van der Waals surface area contributed by atoms with E-state index in [1.807, 2.05) is 4.72 Å². The van der Waals surface area contributed by atoms with Gasteiger partial charge >= 0.3 is 0 Å². The molecule has 0 saturated heterocycles. The van der Waals surface area contributed by atoms with Gasteiger partial charge in [0, 0.05) is 0 Å². The number of nitrogens with one attached hydrogen (secondary N) is 1. The van der Waals surface area contributed by atoms with Crippen LogP contribution in [0.5, 0.6) is 0 Å². The molecular formula is C7H16N2O3S. The van der Waals surface area contributed by atoms with Crippen LogP contribution in [-0.4, -0.2) is 25.1 Å². The van der Waals surface area contributed by atoms with Crippen molar-refractivity contribution in [3.63, 3.8) is 0 Å². The molecule has 1 amide bonds. The lowest BCUT2D eigenvalue weighted by molar-refractivity contribution is -0.123. The molecule has 0 aliphatic carbocycles. The molecule has 0 aliphatic heterocycles. The number of hydrogen-bond donors (Lipinski definition) is 2. The lowest BCUT2D eigenvalue weighted by Gasteiger charge is -2.18. The van der Waals surface area contributed by atoms with Crippen LogP contribution in [-0.2, 0) is 14.8 Å². The molecule has 0 atom stereocenters. The molecule has 0 aromatic carbocycles. The summed E-state index contributed by atoms with van der Waals surface area (Å²) in [6.07, 6.45) is 0. The summed E-state index contributed by atoms with van der Waals surface area (Å²) >= 11 is 0. The SMILES string of the molecule is CC(C)S(=O)(=O)NC(=O)C(C)(C)N. The molecule has 0 aromatic heterocycles. The van der Waals surface area contributed by atoms with Gasteiger partial charge in [-0.15, -0.1) is 0 Å². The zero-order valence-corrected chi connectivity index (χ0v) is 9.10. The fourth-order valence-corrected chi connectivity index (χ4v) is 1.14. The minimum absolute atomic E-state index is 0.640. The van der Waals surface area contributed by atoms with Crippen LogP contribution in [0, 0.1) is 0 Å². The number of rotatable bonds is 3. The Kier molecular flexibility index (Phi) is 3.46. The van der Waals surface area contributed by atoms with Gasteiger partial charge in [0.15, 0.2) is 0 Å². The predicted octanol–water partition coefficient (Wildman–Crippen LogP) is -0.422. The quantitative estimate of drug-likeness (QED) is 0.659. The van der Waals surface area contributed by atoms with Crippen molar-refractivity contribution in [2.45, 2.75) is 38.5 Å². The summed E-state index contributed by atoms with van der Waals surface area (Å²) in [6, 6.07) is 0. The number of nitrogens with two attached hydrogens (primary N) is 1. The van der Waals surface area contributed by atoms with E-state index >= 15 is 0 Å². The van der Waals surface area contributed by atoms with E-state index in [1.54, 1.807) is 0 Å². The molecule has 6 heteroatoms. The van der Waals surface area contributed by atoms with E-state index < -0.39 is 26.7 Å². The van der Waals surface area contributed by atoms with Gasteiger partial charge in [0.1, 0.15) is 0 Å².